The molecule has 6 nitrogen and oxygen atoms in total. The summed E-state index contributed by atoms with van der Waals surface area (Å²) >= 11 is 0. The second kappa shape index (κ2) is 7.57. The van der Waals surface area contributed by atoms with Crippen molar-refractivity contribution in [2.45, 2.75) is 31.5 Å². The number of piperidine rings is 1. The maximum absolute atomic E-state index is 13.5. The molecule has 0 unspecified atom stereocenters. The van der Waals surface area contributed by atoms with Gasteiger partial charge in [0.05, 0.1) is 6.04 Å². The summed E-state index contributed by atoms with van der Waals surface area (Å²) in [4.78, 5) is 22.2. The smallest absolute Gasteiger partial charge is 0.224 e. The molecule has 7 heteroatoms. The lowest BCUT2D eigenvalue weighted by Gasteiger charge is -2.33. The van der Waals surface area contributed by atoms with Crippen LogP contribution in [-0.2, 0) is 11.3 Å². The van der Waals surface area contributed by atoms with Crippen molar-refractivity contribution in [2.24, 2.45) is 0 Å². The molecule has 1 aromatic heterocycles. The first kappa shape index (κ1) is 17.3. The zero-order chi connectivity index (χ0) is 17.8. The van der Waals surface area contributed by atoms with Crippen LogP contribution in [0.1, 0.15) is 30.0 Å². The zero-order valence-electron chi connectivity index (χ0n) is 14.4. The summed E-state index contributed by atoms with van der Waals surface area (Å²) in [6, 6.07) is 6.14. The predicted octanol–water partition coefficient (Wildman–Crippen LogP) is 1.79. The molecule has 25 heavy (non-hydrogen) atoms. The molecule has 1 saturated heterocycles. The number of hydrogen-bond donors (Lipinski definition) is 2. The lowest BCUT2D eigenvalue weighted by Crippen LogP contribution is -2.48. The number of anilines is 1. The molecule has 2 atom stereocenters. The van der Waals surface area contributed by atoms with Crippen LogP contribution >= 0.6 is 0 Å². The summed E-state index contributed by atoms with van der Waals surface area (Å²) in [5.41, 5.74) is 1.73. The molecule has 0 radical (unpaired) electrons. The van der Waals surface area contributed by atoms with Gasteiger partial charge in [0.2, 0.25) is 11.9 Å². The van der Waals surface area contributed by atoms with Crippen molar-refractivity contribution < 1.29 is 9.18 Å². The minimum atomic E-state index is -0.302. The third kappa shape index (κ3) is 4.30. The predicted molar refractivity (Wildman–Crippen MR) is 93.5 cm³/mol. The molecule has 1 aromatic carbocycles. The van der Waals surface area contributed by atoms with Gasteiger partial charge in [0.15, 0.2) is 0 Å². The van der Waals surface area contributed by atoms with Gasteiger partial charge in [-0.2, -0.15) is 0 Å². The summed E-state index contributed by atoms with van der Waals surface area (Å²) in [5.74, 6) is 0.348. The van der Waals surface area contributed by atoms with Gasteiger partial charge in [-0.05, 0) is 24.1 Å². The number of amides is 1. The van der Waals surface area contributed by atoms with E-state index in [0.29, 0.717) is 25.3 Å². The van der Waals surface area contributed by atoms with Crippen molar-refractivity contribution in [1.29, 1.82) is 0 Å². The number of halogens is 1. The Bertz CT molecular complexity index is 735. The Balaban J connectivity index is 1.69. The molecule has 1 aliphatic heterocycles. The quantitative estimate of drug-likeness (QED) is 0.866. The summed E-state index contributed by atoms with van der Waals surface area (Å²) in [6.45, 7) is 0.583. The Labute approximate surface area is 146 Å². The molecule has 1 fully saturated rings. The molecule has 2 aromatic rings. The SMILES string of the molecule is CN(C)c1ncc(CN[C@@H]2CCC(=O)N[C@H]2c2cccc(F)c2)cn1. The molecule has 0 saturated carbocycles. The van der Waals surface area contributed by atoms with Crippen molar-refractivity contribution in [3.8, 4) is 0 Å². The van der Waals surface area contributed by atoms with Gasteiger partial charge in [0.25, 0.3) is 0 Å². The normalized spacial score (nSPS) is 20.2. The number of rotatable bonds is 5. The van der Waals surface area contributed by atoms with Gasteiger partial charge >= 0.3 is 0 Å². The first-order valence-electron chi connectivity index (χ1n) is 8.29. The highest BCUT2D eigenvalue weighted by Crippen LogP contribution is 2.25. The second-order valence-electron chi connectivity index (χ2n) is 6.41. The van der Waals surface area contributed by atoms with Crippen molar-refractivity contribution in [2.75, 3.05) is 19.0 Å². The maximum Gasteiger partial charge on any atom is 0.224 e. The summed E-state index contributed by atoms with van der Waals surface area (Å²) in [6.07, 6.45) is 4.73. The van der Waals surface area contributed by atoms with Gasteiger partial charge in [-0.15, -0.1) is 0 Å². The van der Waals surface area contributed by atoms with Crippen LogP contribution in [0.2, 0.25) is 0 Å². The monoisotopic (exact) mass is 343 g/mol. The van der Waals surface area contributed by atoms with E-state index < -0.39 is 0 Å². The van der Waals surface area contributed by atoms with Crippen molar-refractivity contribution in [1.82, 2.24) is 20.6 Å². The van der Waals surface area contributed by atoms with Crippen LogP contribution in [0.4, 0.5) is 10.3 Å². The van der Waals surface area contributed by atoms with Crippen LogP contribution in [0.3, 0.4) is 0 Å². The lowest BCUT2D eigenvalue weighted by atomic mass is 9.91. The molecule has 1 aliphatic rings. The van der Waals surface area contributed by atoms with Crippen LogP contribution < -0.4 is 15.5 Å². The topological polar surface area (TPSA) is 70.2 Å². The summed E-state index contributed by atoms with van der Waals surface area (Å²) in [7, 11) is 3.78. The fourth-order valence-corrected chi connectivity index (χ4v) is 2.95. The number of hydrogen-bond acceptors (Lipinski definition) is 5. The van der Waals surface area contributed by atoms with E-state index in [-0.39, 0.29) is 23.8 Å². The highest BCUT2D eigenvalue weighted by Gasteiger charge is 2.29. The van der Waals surface area contributed by atoms with Gasteiger partial charge in [-0.3, -0.25) is 4.79 Å². The molecule has 3 rings (SSSR count). The molecule has 0 aliphatic carbocycles. The van der Waals surface area contributed by atoms with Crippen molar-refractivity contribution in [3.05, 3.63) is 53.6 Å². The molecule has 0 bridgehead atoms. The Morgan fingerprint density at radius 3 is 2.76 bits per heavy atom. The summed E-state index contributed by atoms with van der Waals surface area (Å²) < 4.78 is 13.5. The fraction of sp³-hybridized carbons (Fsp3) is 0.389. The molecule has 0 spiro atoms. The summed E-state index contributed by atoms with van der Waals surface area (Å²) in [5, 5.41) is 6.41. The number of nitrogens with one attached hydrogen (secondary N) is 2. The molecular formula is C18H22FN5O. The van der Waals surface area contributed by atoms with E-state index in [4.69, 9.17) is 0 Å². The van der Waals surface area contributed by atoms with E-state index in [1.807, 2.05) is 25.1 Å². The highest BCUT2D eigenvalue weighted by molar-refractivity contribution is 5.77. The number of carbonyl (C=O) groups excluding carboxylic acids is 1. The molecule has 2 N–H and O–H groups in total. The Morgan fingerprint density at radius 1 is 1.32 bits per heavy atom. The van der Waals surface area contributed by atoms with E-state index in [0.717, 1.165) is 11.1 Å². The fourth-order valence-electron chi connectivity index (χ4n) is 2.95. The third-order valence-corrected chi connectivity index (χ3v) is 4.27. The maximum atomic E-state index is 13.5. The Morgan fingerprint density at radius 2 is 2.08 bits per heavy atom. The largest absolute Gasteiger partial charge is 0.348 e. The number of benzene rings is 1. The van der Waals surface area contributed by atoms with E-state index in [9.17, 15) is 9.18 Å². The standard InChI is InChI=1S/C18H22FN5O/c1-24(2)18-21-10-12(11-22-18)9-20-15-6-7-16(25)23-17(15)13-4-3-5-14(19)8-13/h3-5,8,10-11,15,17,20H,6-7,9H2,1-2H3,(H,23,25)/t15-,17+/m1/s1. The Hall–Kier alpha value is -2.54. The first-order chi connectivity index (χ1) is 12.0. The number of carbonyl (C=O) groups is 1. The van der Waals surface area contributed by atoms with Gasteiger partial charge < -0.3 is 15.5 Å². The van der Waals surface area contributed by atoms with Gasteiger partial charge in [-0.25, -0.2) is 14.4 Å². The Kier molecular flexibility index (Phi) is 5.23. The van der Waals surface area contributed by atoms with Gasteiger partial charge in [0, 0.05) is 51.1 Å². The van der Waals surface area contributed by atoms with E-state index in [2.05, 4.69) is 20.6 Å². The van der Waals surface area contributed by atoms with E-state index in [1.165, 1.54) is 12.1 Å². The minimum Gasteiger partial charge on any atom is -0.348 e. The average molecular weight is 343 g/mol. The average Bonchev–Trinajstić information content (AvgIpc) is 2.61. The second-order valence-corrected chi connectivity index (χ2v) is 6.41. The van der Waals surface area contributed by atoms with E-state index in [1.54, 1.807) is 18.5 Å². The molecule has 1 amide bonds. The van der Waals surface area contributed by atoms with Gasteiger partial charge in [-0.1, -0.05) is 12.1 Å². The van der Waals surface area contributed by atoms with E-state index >= 15 is 0 Å². The minimum absolute atomic E-state index is 0.00835. The number of aromatic nitrogens is 2. The zero-order valence-corrected chi connectivity index (χ0v) is 14.4. The highest BCUT2D eigenvalue weighted by atomic mass is 19.1. The van der Waals surface area contributed by atoms with Crippen LogP contribution in [0, 0.1) is 5.82 Å². The first-order valence-corrected chi connectivity index (χ1v) is 8.29. The molecular weight excluding hydrogens is 321 g/mol. The van der Waals surface area contributed by atoms with Crippen molar-refractivity contribution in [3.63, 3.8) is 0 Å². The number of nitrogens with zero attached hydrogens (tertiary/aromatic N) is 3. The van der Waals surface area contributed by atoms with Gasteiger partial charge in [0.1, 0.15) is 5.82 Å². The van der Waals surface area contributed by atoms with Crippen LogP contribution in [0.5, 0.6) is 0 Å². The molecule has 132 valence electrons. The van der Waals surface area contributed by atoms with Crippen LogP contribution in [0.25, 0.3) is 0 Å². The van der Waals surface area contributed by atoms with Crippen molar-refractivity contribution >= 4 is 11.9 Å². The van der Waals surface area contributed by atoms with Crippen LogP contribution in [-0.4, -0.2) is 36.0 Å². The third-order valence-electron chi connectivity index (χ3n) is 4.27. The van der Waals surface area contributed by atoms with Crippen LogP contribution in [0.15, 0.2) is 36.7 Å². The molecule has 2 heterocycles. The lowest BCUT2D eigenvalue weighted by molar-refractivity contribution is -0.123.